The SMILES string of the molecule is NC(=O)CCC(N)C(=O)NC(Cc1cnc[nH]1)C(=O)NC(CC(N)=O)C(=O)NC(CCC(=O)O)C(=O)O. The van der Waals surface area contributed by atoms with Gasteiger partial charge in [-0.2, -0.15) is 0 Å². The fraction of sp³-hybridized carbons (Fsp3) is 0.500. The van der Waals surface area contributed by atoms with Gasteiger partial charge in [0.05, 0.1) is 18.8 Å². The van der Waals surface area contributed by atoms with Gasteiger partial charge >= 0.3 is 11.9 Å². The number of primary amides is 2. The van der Waals surface area contributed by atoms with Crippen LogP contribution in [0.1, 0.15) is 37.8 Å². The summed E-state index contributed by atoms with van der Waals surface area (Å²) in [5.41, 5.74) is 16.4. The van der Waals surface area contributed by atoms with Gasteiger partial charge in [-0.15, -0.1) is 0 Å². The van der Waals surface area contributed by atoms with E-state index < -0.39 is 84.9 Å². The summed E-state index contributed by atoms with van der Waals surface area (Å²) < 4.78 is 0. The van der Waals surface area contributed by atoms with Crippen LogP contribution in [0, 0.1) is 0 Å². The Hall–Kier alpha value is -4.54. The molecule has 1 rings (SSSR count). The second-order valence-electron chi connectivity index (χ2n) is 8.02. The van der Waals surface area contributed by atoms with Crippen molar-refractivity contribution >= 4 is 41.5 Å². The standard InChI is InChI=1S/C20H30N8O9/c21-10(1-3-14(22)29)17(33)27-12(5-9-7-24-8-25-9)18(34)28-13(6-15(23)30)19(35)26-11(20(36)37)2-4-16(31)32/h7-8,10-13H,1-6,21H2,(H2,22,29)(H2,23,30)(H,24,25)(H,26,35)(H,27,33)(H,28,34)(H,31,32)(H,36,37). The molecule has 17 heteroatoms. The number of aromatic nitrogens is 2. The van der Waals surface area contributed by atoms with Crippen LogP contribution in [0.4, 0.5) is 0 Å². The largest absolute Gasteiger partial charge is 0.481 e. The van der Waals surface area contributed by atoms with Gasteiger partial charge in [-0.05, 0) is 12.8 Å². The van der Waals surface area contributed by atoms with Gasteiger partial charge in [-0.1, -0.05) is 0 Å². The lowest BCUT2D eigenvalue weighted by Crippen LogP contribution is -2.58. The summed E-state index contributed by atoms with van der Waals surface area (Å²) in [6.45, 7) is 0. The van der Waals surface area contributed by atoms with Crippen LogP contribution in [0.25, 0.3) is 0 Å². The number of rotatable bonds is 17. The highest BCUT2D eigenvalue weighted by atomic mass is 16.4. The van der Waals surface area contributed by atoms with Crippen LogP contribution in [0.2, 0.25) is 0 Å². The molecule has 17 nitrogen and oxygen atoms in total. The van der Waals surface area contributed by atoms with E-state index in [-0.39, 0.29) is 19.3 Å². The molecule has 4 unspecified atom stereocenters. The Labute approximate surface area is 209 Å². The number of amides is 5. The van der Waals surface area contributed by atoms with Crippen LogP contribution in [0.5, 0.6) is 0 Å². The minimum atomic E-state index is -1.65. The highest BCUT2D eigenvalue weighted by Gasteiger charge is 2.31. The summed E-state index contributed by atoms with van der Waals surface area (Å²) in [4.78, 5) is 89.3. The first-order chi connectivity index (χ1) is 17.3. The molecule has 1 heterocycles. The normalized spacial score (nSPS) is 13.9. The Bertz CT molecular complexity index is 998. The van der Waals surface area contributed by atoms with Crippen LogP contribution < -0.4 is 33.2 Å². The van der Waals surface area contributed by atoms with Gasteiger partial charge in [-0.25, -0.2) is 9.78 Å². The molecule has 12 N–H and O–H groups in total. The topological polar surface area (TPSA) is 303 Å². The number of aliphatic carboxylic acids is 2. The molecule has 0 saturated heterocycles. The van der Waals surface area contributed by atoms with Crippen molar-refractivity contribution in [1.82, 2.24) is 25.9 Å². The number of H-pyrrole nitrogens is 1. The maximum absolute atomic E-state index is 13.0. The van der Waals surface area contributed by atoms with Crippen molar-refractivity contribution in [1.29, 1.82) is 0 Å². The van der Waals surface area contributed by atoms with Gasteiger partial charge < -0.3 is 48.3 Å². The molecule has 204 valence electrons. The van der Waals surface area contributed by atoms with Gasteiger partial charge in [0.1, 0.15) is 18.1 Å². The first-order valence-electron chi connectivity index (χ1n) is 10.9. The first-order valence-corrected chi connectivity index (χ1v) is 10.9. The average molecular weight is 527 g/mol. The van der Waals surface area contributed by atoms with E-state index in [1.54, 1.807) is 0 Å². The molecule has 1 aromatic rings. The monoisotopic (exact) mass is 526 g/mol. The molecule has 5 amide bonds. The lowest BCUT2D eigenvalue weighted by molar-refractivity contribution is -0.143. The smallest absolute Gasteiger partial charge is 0.326 e. The van der Waals surface area contributed by atoms with E-state index in [0.717, 1.165) is 0 Å². The quantitative estimate of drug-likeness (QED) is 0.0937. The van der Waals surface area contributed by atoms with Gasteiger partial charge in [0.15, 0.2) is 0 Å². The number of nitrogens with one attached hydrogen (secondary N) is 4. The number of nitrogens with two attached hydrogens (primary N) is 3. The maximum atomic E-state index is 13.0. The first kappa shape index (κ1) is 30.5. The van der Waals surface area contributed by atoms with Crippen LogP contribution in [0.15, 0.2) is 12.5 Å². The highest BCUT2D eigenvalue weighted by molar-refractivity contribution is 5.96. The van der Waals surface area contributed by atoms with E-state index in [9.17, 15) is 38.7 Å². The number of carbonyl (C=O) groups excluding carboxylic acids is 5. The molecule has 0 radical (unpaired) electrons. The molecule has 4 atom stereocenters. The van der Waals surface area contributed by atoms with Crippen molar-refractivity contribution in [2.45, 2.75) is 62.7 Å². The third-order valence-corrected chi connectivity index (χ3v) is 4.95. The van der Waals surface area contributed by atoms with Crippen molar-refractivity contribution in [2.24, 2.45) is 17.2 Å². The number of carboxylic acids is 2. The lowest BCUT2D eigenvalue weighted by atomic mass is 10.1. The number of carboxylic acid groups (broad SMARTS) is 2. The molecule has 0 aliphatic carbocycles. The number of hydrogen-bond donors (Lipinski definition) is 9. The van der Waals surface area contributed by atoms with Crippen molar-refractivity contribution in [2.75, 3.05) is 0 Å². The molecule has 0 saturated carbocycles. The van der Waals surface area contributed by atoms with Crippen LogP contribution in [0.3, 0.4) is 0 Å². The third-order valence-electron chi connectivity index (χ3n) is 4.95. The van der Waals surface area contributed by atoms with Crippen LogP contribution in [-0.2, 0) is 40.0 Å². The van der Waals surface area contributed by atoms with E-state index >= 15 is 0 Å². The number of imidazole rings is 1. The average Bonchev–Trinajstić information content (AvgIpc) is 3.31. The van der Waals surface area contributed by atoms with Crippen molar-refractivity contribution in [3.63, 3.8) is 0 Å². The van der Waals surface area contributed by atoms with E-state index in [1.807, 2.05) is 0 Å². The number of aromatic amines is 1. The molecule has 0 aromatic carbocycles. The van der Waals surface area contributed by atoms with E-state index in [4.69, 9.17) is 22.3 Å². The zero-order chi connectivity index (χ0) is 28.1. The Morgan fingerprint density at radius 2 is 1.43 bits per heavy atom. The molecule has 0 aliphatic rings. The minimum absolute atomic E-state index is 0.0980. The van der Waals surface area contributed by atoms with Crippen LogP contribution >= 0.6 is 0 Å². The lowest BCUT2D eigenvalue weighted by Gasteiger charge is -2.24. The third kappa shape index (κ3) is 11.6. The van der Waals surface area contributed by atoms with Gasteiger partial charge in [0, 0.05) is 31.2 Å². The van der Waals surface area contributed by atoms with Gasteiger partial charge in [-0.3, -0.25) is 28.8 Å². The van der Waals surface area contributed by atoms with Gasteiger partial charge in [0.2, 0.25) is 29.5 Å². The Kier molecular flexibility index (Phi) is 12.2. The van der Waals surface area contributed by atoms with Gasteiger partial charge in [0.25, 0.3) is 0 Å². The van der Waals surface area contributed by atoms with Crippen LogP contribution in [-0.4, -0.2) is 85.8 Å². The summed E-state index contributed by atoms with van der Waals surface area (Å²) in [6, 6.07) is -5.82. The second-order valence-corrected chi connectivity index (χ2v) is 8.02. The number of hydrogen-bond acceptors (Lipinski definition) is 9. The van der Waals surface area contributed by atoms with E-state index in [0.29, 0.717) is 5.69 Å². The fourth-order valence-electron chi connectivity index (χ4n) is 3.01. The zero-order valence-corrected chi connectivity index (χ0v) is 19.6. The van der Waals surface area contributed by atoms with Crippen molar-refractivity contribution in [3.8, 4) is 0 Å². The summed E-state index contributed by atoms with van der Waals surface area (Å²) in [5.74, 6) is -7.41. The molecule has 0 bridgehead atoms. The highest BCUT2D eigenvalue weighted by Crippen LogP contribution is 2.05. The van der Waals surface area contributed by atoms with E-state index in [1.165, 1.54) is 12.5 Å². The summed E-state index contributed by atoms with van der Waals surface area (Å²) in [7, 11) is 0. The predicted octanol–water partition coefficient (Wildman–Crippen LogP) is -4.18. The molecule has 1 aromatic heterocycles. The Morgan fingerprint density at radius 3 is 1.95 bits per heavy atom. The molecule has 37 heavy (non-hydrogen) atoms. The molecule has 0 aliphatic heterocycles. The van der Waals surface area contributed by atoms with E-state index in [2.05, 4.69) is 25.9 Å². The molecule has 0 spiro atoms. The van der Waals surface area contributed by atoms with Crippen molar-refractivity contribution < 1.29 is 43.8 Å². The predicted molar refractivity (Wildman–Crippen MR) is 123 cm³/mol. The zero-order valence-electron chi connectivity index (χ0n) is 19.6. The summed E-state index contributed by atoms with van der Waals surface area (Å²) >= 11 is 0. The molecule has 0 fully saturated rings. The number of carbonyl (C=O) groups is 7. The Morgan fingerprint density at radius 1 is 0.838 bits per heavy atom. The summed E-state index contributed by atoms with van der Waals surface area (Å²) in [5, 5.41) is 24.7. The minimum Gasteiger partial charge on any atom is -0.481 e. The van der Waals surface area contributed by atoms with Crippen molar-refractivity contribution in [3.05, 3.63) is 18.2 Å². The second kappa shape index (κ2) is 14.8. The Balaban J connectivity index is 3.04. The fourth-order valence-corrected chi connectivity index (χ4v) is 3.01. The number of nitrogens with zero attached hydrogens (tertiary/aromatic N) is 1. The maximum Gasteiger partial charge on any atom is 0.326 e. The molecular weight excluding hydrogens is 496 g/mol. The molecular formula is C20H30N8O9. The summed E-state index contributed by atoms with van der Waals surface area (Å²) in [6.07, 6.45) is 0.490.